The first-order valence-corrected chi connectivity index (χ1v) is 5.61. The van der Waals surface area contributed by atoms with Crippen molar-refractivity contribution >= 4 is 23.4 Å². The van der Waals surface area contributed by atoms with Crippen LogP contribution in [0.1, 0.15) is 24.2 Å². The van der Waals surface area contributed by atoms with E-state index in [9.17, 15) is 4.79 Å². The molecule has 0 saturated carbocycles. The highest BCUT2D eigenvalue weighted by Gasteiger charge is 2.16. The number of pyridine rings is 1. The molecule has 0 aliphatic carbocycles. The molecule has 2 N–H and O–H groups in total. The number of carbonyl (C=O) groups is 1. The van der Waals surface area contributed by atoms with E-state index >= 15 is 0 Å². The average molecular weight is 259 g/mol. The summed E-state index contributed by atoms with van der Waals surface area (Å²) in [6.07, 6.45) is 1.26. The standard InChI is InChI=1S/C11H15ClN2O3/c1-7(2)14(3-4-15)10-9(12)5-8(6-13-10)11(16)17/h5-7,15H,3-4H2,1-2H3,(H,16,17). The molecule has 0 amide bonds. The first-order chi connectivity index (χ1) is 7.97. The van der Waals surface area contributed by atoms with Crippen LogP contribution in [-0.4, -0.2) is 40.4 Å². The summed E-state index contributed by atoms with van der Waals surface area (Å²) in [5.41, 5.74) is 0.0476. The van der Waals surface area contributed by atoms with Crippen molar-refractivity contribution in [2.24, 2.45) is 0 Å². The maximum Gasteiger partial charge on any atom is 0.337 e. The van der Waals surface area contributed by atoms with Gasteiger partial charge in [0.2, 0.25) is 0 Å². The zero-order valence-corrected chi connectivity index (χ0v) is 10.5. The third-order valence-corrected chi connectivity index (χ3v) is 2.58. The lowest BCUT2D eigenvalue weighted by atomic mass is 10.2. The number of aromatic carboxylic acids is 1. The highest BCUT2D eigenvalue weighted by molar-refractivity contribution is 6.33. The molecule has 0 aliphatic rings. The van der Waals surface area contributed by atoms with E-state index in [-0.39, 0.29) is 23.2 Å². The van der Waals surface area contributed by atoms with Gasteiger partial charge in [0.1, 0.15) is 5.82 Å². The predicted molar refractivity (Wildman–Crippen MR) is 65.8 cm³/mol. The molecular weight excluding hydrogens is 244 g/mol. The summed E-state index contributed by atoms with van der Waals surface area (Å²) in [6, 6.07) is 1.47. The molecule has 1 heterocycles. The Morgan fingerprint density at radius 3 is 2.65 bits per heavy atom. The van der Waals surface area contributed by atoms with Crippen molar-refractivity contribution in [3.05, 3.63) is 22.8 Å². The normalized spacial score (nSPS) is 10.6. The molecule has 6 heteroatoms. The van der Waals surface area contributed by atoms with Gasteiger partial charge in [-0.15, -0.1) is 0 Å². The number of hydrogen-bond acceptors (Lipinski definition) is 4. The molecule has 0 atom stereocenters. The fraction of sp³-hybridized carbons (Fsp3) is 0.455. The van der Waals surface area contributed by atoms with Crippen LogP contribution < -0.4 is 4.90 Å². The van der Waals surface area contributed by atoms with Crippen molar-refractivity contribution in [3.63, 3.8) is 0 Å². The quantitative estimate of drug-likeness (QED) is 0.840. The Labute approximate surface area is 105 Å². The van der Waals surface area contributed by atoms with Gasteiger partial charge in [-0.1, -0.05) is 11.6 Å². The molecule has 1 aromatic heterocycles. The van der Waals surface area contributed by atoms with E-state index < -0.39 is 5.97 Å². The molecule has 1 aromatic rings. The van der Waals surface area contributed by atoms with Crippen LogP contribution in [0.4, 0.5) is 5.82 Å². The molecule has 17 heavy (non-hydrogen) atoms. The van der Waals surface area contributed by atoms with E-state index in [2.05, 4.69) is 4.98 Å². The summed E-state index contributed by atoms with van der Waals surface area (Å²) in [5.74, 6) is -0.579. The number of rotatable bonds is 5. The number of aliphatic hydroxyl groups excluding tert-OH is 1. The first-order valence-electron chi connectivity index (χ1n) is 5.23. The highest BCUT2D eigenvalue weighted by Crippen LogP contribution is 2.25. The van der Waals surface area contributed by atoms with Gasteiger partial charge in [-0.25, -0.2) is 9.78 Å². The number of carboxylic acid groups (broad SMARTS) is 1. The third kappa shape index (κ3) is 3.31. The molecule has 0 fully saturated rings. The number of carboxylic acids is 1. The second-order valence-electron chi connectivity index (χ2n) is 3.85. The first kappa shape index (κ1) is 13.7. The lowest BCUT2D eigenvalue weighted by Gasteiger charge is -2.27. The number of aliphatic hydroxyl groups is 1. The predicted octanol–water partition coefficient (Wildman–Crippen LogP) is 1.64. The van der Waals surface area contributed by atoms with Crippen LogP contribution in [0, 0.1) is 0 Å². The fourth-order valence-corrected chi connectivity index (χ4v) is 1.75. The molecule has 5 nitrogen and oxygen atoms in total. The Hall–Kier alpha value is -1.33. The number of aromatic nitrogens is 1. The van der Waals surface area contributed by atoms with Crippen molar-refractivity contribution in [1.82, 2.24) is 4.98 Å². The van der Waals surface area contributed by atoms with E-state index in [1.54, 1.807) is 0 Å². The minimum Gasteiger partial charge on any atom is -0.478 e. The monoisotopic (exact) mass is 258 g/mol. The van der Waals surface area contributed by atoms with Crippen molar-refractivity contribution in [2.45, 2.75) is 19.9 Å². The van der Waals surface area contributed by atoms with Crippen LogP contribution in [0.15, 0.2) is 12.3 Å². The Morgan fingerprint density at radius 1 is 1.59 bits per heavy atom. The molecule has 0 spiro atoms. The van der Waals surface area contributed by atoms with Gasteiger partial charge in [0, 0.05) is 18.8 Å². The number of nitrogens with zero attached hydrogens (tertiary/aromatic N) is 2. The second kappa shape index (κ2) is 5.84. The van der Waals surface area contributed by atoms with Crippen LogP contribution in [0.2, 0.25) is 5.02 Å². The Balaban J connectivity index is 3.08. The largest absolute Gasteiger partial charge is 0.478 e. The van der Waals surface area contributed by atoms with Gasteiger partial charge >= 0.3 is 5.97 Å². The minimum absolute atomic E-state index is 0.0170. The molecular formula is C11H15ClN2O3. The smallest absolute Gasteiger partial charge is 0.337 e. The van der Waals surface area contributed by atoms with Crippen LogP contribution in [0.25, 0.3) is 0 Å². The van der Waals surface area contributed by atoms with Crippen LogP contribution in [-0.2, 0) is 0 Å². The van der Waals surface area contributed by atoms with Gasteiger partial charge in [-0.3, -0.25) is 0 Å². The van der Waals surface area contributed by atoms with Gasteiger partial charge in [0.25, 0.3) is 0 Å². The minimum atomic E-state index is -1.07. The van der Waals surface area contributed by atoms with Crippen molar-refractivity contribution < 1.29 is 15.0 Å². The number of halogens is 1. The van der Waals surface area contributed by atoms with E-state index in [4.69, 9.17) is 21.8 Å². The lowest BCUT2D eigenvalue weighted by Crippen LogP contribution is -2.34. The van der Waals surface area contributed by atoms with Crippen LogP contribution >= 0.6 is 11.6 Å². The van der Waals surface area contributed by atoms with Crippen molar-refractivity contribution in [1.29, 1.82) is 0 Å². The summed E-state index contributed by atoms with van der Waals surface area (Å²) in [5, 5.41) is 18.0. The Kier molecular flexibility index (Phi) is 4.72. The van der Waals surface area contributed by atoms with E-state index in [1.807, 2.05) is 18.7 Å². The van der Waals surface area contributed by atoms with E-state index in [0.717, 1.165) is 0 Å². The average Bonchev–Trinajstić information content (AvgIpc) is 2.26. The molecule has 0 saturated heterocycles. The fourth-order valence-electron chi connectivity index (χ4n) is 1.48. The van der Waals surface area contributed by atoms with Gasteiger partial charge in [0.15, 0.2) is 0 Å². The summed E-state index contributed by atoms with van der Waals surface area (Å²) in [7, 11) is 0. The summed E-state index contributed by atoms with van der Waals surface area (Å²) in [4.78, 5) is 16.6. The van der Waals surface area contributed by atoms with E-state index in [0.29, 0.717) is 12.4 Å². The molecule has 0 bridgehead atoms. The van der Waals surface area contributed by atoms with Crippen molar-refractivity contribution in [3.8, 4) is 0 Å². The van der Waals surface area contributed by atoms with Gasteiger partial charge in [-0.2, -0.15) is 0 Å². The Morgan fingerprint density at radius 2 is 2.24 bits per heavy atom. The molecule has 1 rings (SSSR count). The summed E-state index contributed by atoms with van der Waals surface area (Å²) in [6.45, 7) is 4.27. The van der Waals surface area contributed by atoms with E-state index in [1.165, 1.54) is 12.3 Å². The summed E-state index contributed by atoms with van der Waals surface area (Å²) >= 11 is 6.00. The molecule has 0 unspecified atom stereocenters. The Bertz CT molecular complexity index is 410. The number of anilines is 1. The topological polar surface area (TPSA) is 73.7 Å². The third-order valence-electron chi connectivity index (χ3n) is 2.31. The van der Waals surface area contributed by atoms with Gasteiger partial charge in [0.05, 0.1) is 17.2 Å². The van der Waals surface area contributed by atoms with Crippen LogP contribution in [0.5, 0.6) is 0 Å². The molecule has 94 valence electrons. The zero-order chi connectivity index (χ0) is 13.0. The summed E-state index contributed by atoms with van der Waals surface area (Å²) < 4.78 is 0. The highest BCUT2D eigenvalue weighted by atomic mass is 35.5. The molecule has 0 aromatic carbocycles. The SMILES string of the molecule is CC(C)N(CCO)c1ncc(C(=O)O)cc1Cl. The second-order valence-corrected chi connectivity index (χ2v) is 4.25. The van der Waals surface area contributed by atoms with Gasteiger partial charge in [-0.05, 0) is 19.9 Å². The maximum absolute atomic E-state index is 10.7. The van der Waals surface area contributed by atoms with Crippen LogP contribution in [0.3, 0.4) is 0 Å². The van der Waals surface area contributed by atoms with Crippen molar-refractivity contribution in [2.75, 3.05) is 18.1 Å². The maximum atomic E-state index is 10.7. The number of hydrogen-bond donors (Lipinski definition) is 2. The zero-order valence-electron chi connectivity index (χ0n) is 9.72. The molecule has 0 aliphatic heterocycles. The lowest BCUT2D eigenvalue weighted by molar-refractivity contribution is 0.0696. The molecule has 0 radical (unpaired) electrons. The van der Waals surface area contributed by atoms with Gasteiger partial charge < -0.3 is 15.1 Å².